The number of carbonyl (C=O) groups is 2. The molecule has 2 atom stereocenters. The van der Waals surface area contributed by atoms with Crippen LogP contribution in [0.1, 0.15) is 27.2 Å². The maximum absolute atomic E-state index is 11.2. The van der Waals surface area contributed by atoms with Crippen molar-refractivity contribution in [2.24, 2.45) is 5.41 Å². The zero-order valence-corrected chi connectivity index (χ0v) is 11.4. The SMILES string of the molecule is C=CC(=O)OC(O)C(O)(CC(C)(C)C)OC(=O)C=C. The molecule has 6 nitrogen and oxygen atoms in total. The van der Waals surface area contributed by atoms with Crippen LogP contribution in [-0.4, -0.2) is 34.2 Å². The van der Waals surface area contributed by atoms with Crippen LogP contribution in [0, 0.1) is 5.41 Å². The average Bonchev–Trinajstić information content (AvgIpc) is 2.25. The Morgan fingerprint density at radius 3 is 2.05 bits per heavy atom. The lowest BCUT2D eigenvalue weighted by atomic mass is 9.87. The lowest BCUT2D eigenvalue weighted by molar-refractivity contribution is -0.308. The molecule has 0 aliphatic rings. The van der Waals surface area contributed by atoms with Crippen LogP contribution in [0.2, 0.25) is 0 Å². The largest absolute Gasteiger partial charge is 0.425 e. The summed E-state index contributed by atoms with van der Waals surface area (Å²) in [7, 11) is 0. The molecule has 0 spiro atoms. The Labute approximate surface area is 112 Å². The van der Waals surface area contributed by atoms with Gasteiger partial charge in [0.1, 0.15) is 0 Å². The molecular weight excluding hydrogens is 252 g/mol. The molecule has 0 bridgehead atoms. The minimum Gasteiger partial charge on any atom is -0.425 e. The van der Waals surface area contributed by atoms with Crippen molar-refractivity contribution in [3.63, 3.8) is 0 Å². The number of ether oxygens (including phenoxy) is 2. The fourth-order valence-electron chi connectivity index (χ4n) is 1.40. The topological polar surface area (TPSA) is 93.1 Å². The summed E-state index contributed by atoms with van der Waals surface area (Å²) in [6.45, 7) is 11.6. The number of rotatable bonds is 6. The van der Waals surface area contributed by atoms with E-state index in [0.717, 1.165) is 12.2 Å². The van der Waals surface area contributed by atoms with Gasteiger partial charge in [-0.1, -0.05) is 33.9 Å². The monoisotopic (exact) mass is 272 g/mol. The molecule has 108 valence electrons. The third-order valence-electron chi connectivity index (χ3n) is 2.01. The highest BCUT2D eigenvalue weighted by Crippen LogP contribution is 2.31. The summed E-state index contributed by atoms with van der Waals surface area (Å²) in [5, 5.41) is 19.9. The Bertz CT molecular complexity index is 368. The minimum atomic E-state index is -2.36. The molecule has 0 aromatic carbocycles. The minimum absolute atomic E-state index is 0.148. The van der Waals surface area contributed by atoms with Crippen molar-refractivity contribution in [1.82, 2.24) is 0 Å². The Morgan fingerprint density at radius 1 is 1.21 bits per heavy atom. The molecule has 0 heterocycles. The lowest BCUT2D eigenvalue weighted by Crippen LogP contribution is -2.50. The van der Waals surface area contributed by atoms with Gasteiger partial charge in [0, 0.05) is 18.6 Å². The van der Waals surface area contributed by atoms with Gasteiger partial charge in [-0.05, 0) is 5.41 Å². The lowest BCUT2D eigenvalue weighted by Gasteiger charge is -2.35. The van der Waals surface area contributed by atoms with Crippen LogP contribution in [0.15, 0.2) is 25.3 Å². The molecule has 0 rings (SSSR count). The summed E-state index contributed by atoms with van der Waals surface area (Å²) in [6.07, 6.45) is -0.530. The van der Waals surface area contributed by atoms with Crippen LogP contribution in [0.5, 0.6) is 0 Å². The van der Waals surface area contributed by atoms with Crippen molar-refractivity contribution >= 4 is 11.9 Å². The summed E-state index contributed by atoms with van der Waals surface area (Å²) in [5.74, 6) is -4.25. The predicted molar refractivity (Wildman–Crippen MR) is 67.6 cm³/mol. The van der Waals surface area contributed by atoms with Crippen molar-refractivity contribution < 1.29 is 29.3 Å². The molecular formula is C13H20O6. The van der Waals surface area contributed by atoms with Gasteiger partial charge >= 0.3 is 11.9 Å². The first kappa shape index (κ1) is 17.3. The van der Waals surface area contributed by atoms with Crippen LogP contribution in [-0.2, 0) is 19.1 Å². The first-order valence-corrected chi connectivity index (χ1v) is 5.63. The van der Waals surface area contributed by atoms with E-state index in [2.05, 4.69) is 17.9 Å². The average molecular weight is 272 g/mol. The molecule has 0 aromatic rings. The van der Waals surface area contributed by atoms with E-state index in [1.807, 2.05) is 0 Å². The number of hydrogen-bond acceptors (Lipinski definition) is 6. The van der Waals surface area contributed by atoms with Gasteiger partial charge in [0.05, 0.1) is 0 Å². The quantitative estimate of drug-likeness (QED) is 0.424. The van der Waals surface area contributed by atoms with Gasteiger partial charge < -0.3 is 19.7 Å². The van der Waals surface area contributed by atoms with Crippen LogP contribution in [0.25, 0.3) is 0 Å². The van der Waals surface area contributed by atoms with E-state index in [-0.39, 0.29) is 6.42 Å². The first-order valence-electron chi connectivity index (χ1n) is 5.63. The van der Waals surface area contributed by atoms with E-state index in [1.54, 1.807) is 20.8 Å². The molecule has 2 unspecified atom stereocenters. The van der Waals surface area contributed by atoms with E-state index < -0.39 is 29.4 Å². The number of aliphatic hydroxyl groups is 2. The van der Waals surface area contributed by atoms with Gasteiger partial charge in [-0.2, -0.15) is 0 Å². The fraction of sp³-hybridized carbons (Fsp3) is 0.538. The third-order valence-corrected chi connectivity index (χ3v) is 2.01. The number of esters is 2. The molecule has 0 aliphatic carbocycles. The molecule has 19 heavy (non-hydrogen) atoms. The van der Waals surface area contributed by atoms with Crippen LogP contribution in [0.3, 0.4) is 0 Å². The van der Waals surface area contributed by atoms with E-state index in [1.165, 1.54) is 0 Å². The Balaban J connectivity index is 5.12. The Morgan fingerprint density at radius 2 is 1.68 bits per heavy atom. The van der Waals surface area contributed by atoms with Crippen molar-refractivity contribution in [2.45, 2.75) is 39.3 Å². The van der Waals surface area contributed by atoms with Crippen LogP contribution < -0.4 is 0 Å². The van der Waals surface area contributed by atoms with E-state index in [4.69, 9.17) is 4.74 Å². The van der Waals surface area contributed by atoms with Crippen LogP contribution in [0.4, 0.5) is 0 Å². The highest BCUT2D eigenvalue weighted by molar-refractivity contribution is 5.82. The second-order valence-corrected chi connectivity index (χ2v) is 5.20. The van der Waals surface area contributed by atoms with Crippen molar-refractivity contribution in [3.8, 4) is 0 Å². The molecule has 0 saturated heterocycles. The van der Waals surface area contributed by atoms with E-state index in [0.29, 0.717) is 0 Å². The zero-order chi connectivity index (χ0) is 15.3. The number of carbonyl (C=O) groups excluding carboxylic acids is 2. The van der Waals surface area contributed by atoms with Crippen molar-refractivity contribution in [2.75, 3.05) is 0 Å². The highest BCUT2D eigenvalue weighted by atomic mass is 16.7. The molecule has 0 fully saturated rings. The summed E-state index contributed by atoms with van der Waals surface area (Å²) < 4.78 is 9.20. The highest BCUT2D eigenvalue weighted by Gasteiger charge is 2.45. The van der Waals surface area contributed by atoms with Crippen LogP contribution >= 0.6 is 0 Å². The summed E-state index contributed by atoms with van der Waals surface area (Å²) in [5.41, 5.74) is -0.502. The Hall–Kier alpha value is -1.66. The number of hydrogen-bond donors (Lipinski definition) is 2. The van der Waals surface area contributed by atoms with Gasteiger partial charge in [0.25, 0.3) is 12.1 Å². The van der Waals surface area contributed by atoms with Gasteiger partial charge in [-0.25, -0.2) is 9.59 Å². The smallest absolute Gasteiger partial charge is 0.332 e. The third kappa shape index (κ3) is 6.17. The second-order valence-electron chi connectivity index (χ2n) is 5.20. The molecule has 0 aliphatic heterocycles. The molecule has 0 saturated carbocycles. The summed E-state index contributed by atoms with van der Waals surface area (Å²) in [4.78, 5) is 22.2. The van der Waals surface area contributed by atoms with Gasteiger partial charge in [0.2, 0.25) is 0 Å². The molecule has 0 amide bonds. The van der Waals surface area contributed by atoms with Gasteiger partial charge in [-0.3, -0.25) is 0 Å². The first-order chi connectivity index (χ1) is 8.54. The van der Waals surface area contributed by atoms with E-state index in [9.17, 15) is 19.8 Å². The van der Waals surface area contributed by atoms with Crippen molar-refractivity contribution in [3.05, 3.63) is 25.3 Å². The maximum Gasteiger partial charge on any atom is 0.332 e. The summed E-state index contributed by atoms with van der Waals surface area (Å²) in [6, 6.07) is 0. The predicted octanol–water partition coefficient (Wildman–Crippen LogP) is 0.888. The molecule has 0 aromatic heterocycles. The Kier molecular flexibility index (Phi) is 5.92. The molecule has 0 radical (unpaired) electrons. The molecule has 6 heteroatoms. The second kappa shape index (κ2) is 6.49. The van der Waals surface area contributed by atoms with Crippen molar-refractivity contribution in [1.29, 1.82) is 0 Å². The normalized spacial score (nSPS) is 15.8. The fourth-order valence-corrected chi connectivity index (χ4v) is 1.40. The standard InChI is InChI=1S/C13H20O6/c1-6-9(14)18-11(16)13(17,8-12(3,4)5)19-10(15)7-2/h6-7,11,16-17H,1-2,8H2,3-5H3. The zero-order valence-electron chi connectivity index (χ0n) is 11.4. The van der Waals surface area contributed by atoms with Gasteiger partial charge in [-0.15, -0.1) is 0 Å². The maximum atomic E-state index is 11.2. The molecule has 2 N–H and O–H groups in total. The number of aliphatic hydroxyl groups excluding tert-OH is 1. The summed E-state index contributed by atoms with van der Waals surface area (Å²) >= 11 is 0. The van der Waals surface area contributed by atoms with E-state index >= 15 is 0 Å². The van der Waals surface area contributed by atoms with Gasteiger partial charge in [0.15, 0.2) is 0 Å².